The van der Waals surface area contributed by atoms with Crippen LogP contribution >= 0.6 is 0 Å². The van der Waals surface area contributed by atoms with Gasteiger partial charge >= 0.3 is 0 Å². The molecule has 0 N–H and O–H groups in total. The zero-order valence-electron chi connectivity index (χ0n) is 11.0. The van der Waals surface area contributed by atoms with Crippen LogP contribution in [0, 0.1) is 0 Å². The molecule has 2 aliphatic heterocycles. The highest BCUT2D eigenvalue weighted by atomic mass is 16.7. The number of ether oxygens (including phenoxy) is 1. The van der Waals surface area contributed by atoms with Crippen LogP contribution in [0.4, 0.5) is 0 Å². The summed E-state index contributed by atoms with van der Waals surface area (Å²) in [5.41, 5.74) is 1.93. The Morgan fingerprint density at radius 2 is 2.32 bits per heavy atom. The lowest BCUT2D eigenvalue weighted by Gasteiger charge is -2.47. The molecule has 1 saturated carbocycles. The third-order valence-electron chi connectivity index (χ3n) is 4.73. The molecule has 3 aliphatic rings. The van der Waals surface area contributed by atoms with Crippen molar-refractivity contribution in [2.45, 2.75) is 43.7 Å². The van der Waals surface area contributed by atoms with Crippen LogP contribution in [0.2, 0.25) is 0 Å². The number of hydroxylamine groups is 2. The molecule has 1 aromatic carbocycles. The predicted octanol–water partition coefficient (Wildman–Crippen LogP) is 2.16. The summed E-state index contributed by atoms with van der Waals surface area (Å²) in [6.45, 7) is 0. The topological polar surface area (TPSA) is 38.8 Å². The first kappa shape index (κ1) is 11.3. The van der Waals surface area contributed by atoms with Gasteiger partial charge in [0.1, 0.15) is 17.4 Å². The van der Waals surface area contributed by atoms with Crippen molar-refractivity contribution in [2.75, 3.05) is 7.11 Å². The molecule has 2 heterocycles. The fraction of sp³-hybridized carbons (Fsp3) is 0.533. The van der Waals surface area contributed by atoms with Gasteiger partial charge in [-0.3, -0.25) is 9.63 Å². The summed E-state index contributed by atoms with van der Waals surface area (Å²) in [6.07, 6.45) is 4.64. The summed E-state index contributed by atoms with van der Waals surface area (Å²) in [5.74, 6) is 0.989. The van der Waals surface area contributed by atoms with Gasteiger partial charge in [-0.25, -0.2) is 5.06 Å². The van der Waals surface area contributed by atoms with Gasteiger partial charge in [0.25, 0.3) is 5.91 Å². The van der Waals surface area contributed by atoms with Crippen molar-refractivity contribution in [3.05, 3.63) is 29.3 Å². The minimum atomic E-state index is -0.381. The van der Waals surface area contributed by atoms with E-state index in [0.29, 0.717) is 6.42 Å². The monoisotopic (exact) mass is 259 g/mol. The number of carbonyl (C=O) groups is 1. The molecule has 1 aromatic rings. The molecule has 1 aliphatic carbocycles. The molecule has 0 radical (unpaired) electrons. The van der Waals surface area contributed by atoms with Crippen LogP contribution < -0.4 is 4.74 Å². The van der Waals surface area contributed by atoms with Crippen molar-refractivity contribution in [2.24, 2.45) is 0 Å². The summed E-state index contributed by atoms with van der Waals surface area (Å²) >= 11 is 0. The van der Waals surface area contributed by atoms with Gasteiger partial charge < -0.3 is 4.74 Å². The van der Waals surface area contributed by atoms with Gasteiger partial charge in [-0.15, -0.1) is 0 Å². The smallest absolute Gasteiger partial charge is 0.251 e. The van der Waals surface area contributed by atoms with Gasteiger partial charge in [-0.2, -0.15) is 0 Å². The third kappa shape index (κ3) is 1.25. The molecule has 2 atom stereocenters. The molecule has 4 rings (SSSR count). The first-order valence-electron chi connectivity index (χ1n) is 6.93. The van der Waals surface area contributed by atoms with Gasteiger partial charge in [0.2, 0.25) is 0 Å². The van der Waals surface area contributed by atoms with E-state index in [-0.39, 0.29) is 17.6 Å². The molecule has 4 nitrogen and oxygen atoms in total. The Morgan fingerprint density at radius 1 is 1.42 bits per heavy atom. The summed E-state index contributed by atoms with van der Waals surface area (Å²) in [7, 11) is 1.59. The maximum atomic E-state index is 12.4. The second kappa shape index (κ2) is 3.73. The molecular weight excluding hydrogens is 242 g/mol. The first-order valence-corrected chi connectivity index (χ1v) is 6.93. The van der Waals surface area contributed by atoms with Crippen LogP contribution in [0.5, 0.6) is 5.75 Å². The number of nitrogens with zero attached hydrogens (tertiary/aromatic N) is 1. The molecule has 19 heavy (non-hydrogen) atoms. The van der Waals surface area contributed by atoms with E-state index in [1.165, 1.54) is 5.56 Å². The number of hydrogen-bond donors (Lipinski definition) is 0. The maximum absolute atomic E-state index is 12.4. The van der Waals surface area contributed by atoms with Crippen molar-refractivity contribution < 1.29 is 14.4 Å². The van der Waals surface area contributed by atoms with Gasteiger partial charge in [0, 0.05) is 5.56 Å². The Hall–Kier alpha value is -1.55. The molecule has 0 bridgehead atoms. The minimum absolute atomic E-state index is 0.0431. The van der Waals surface area contributed by atoms with E-state index >= 15 is 0 Å². The van der Waals surface area contributed by atoms with Gasteiger partial charge in [0.05, 0.1) is 13.5 Å². The van der Waals surface area contributed by atoms with Crippen molar-refractivity contribution in [3.8, 4) is 5.75 Å². The Labute approximate surface area is 112 Å². The zero-order chi connectivity index (χ0) is 13.0. The number of carbonyl (C=O) groups excluding carboxylic acids is 1. The van der Waals surface area contributed by atoms with Crippen molar-refractivity contribution in [1.82, 2.24) is 5.06 Å². The zero-order valence-corrected chi connectivity index (χ0v) is 11.0. The van der Waals surface area contributed by atoms with E-state index < -0.39 is 0 Å². The Kier molecular flexibility index (Phi) is 2.22. The summed E-state index contributed by atoms with van der Waals surface area (Å²) in [5, 5.41) is 1.59. The number of amides is 1. The highest BCUT2D eigenvalue weighted by Gasteiger charge is 2.59. The fourth-order valence-corrected chi connectivity index (χ4v) is 4.09. The van der Waals surface area contributed by atoms with E-state index in [4.69, 9.17) is 9.57 Å². The van der Waals surface area contributed by atoms with E-state index in [1.807, 2.05) is 18.2 Å². The Balaban J connectivity index is 1.98. The summed E-state index contributed by atoms with van der Waals surface area (Å²) in [6, 6.07) is 6.04. The SMILES string of the molecule is CON1C(=O)Cc2cccc3c2[C@@]12CCCC[C@@H]2O3. The summed E-state index contributed by atoms with van der Waals surface area (Å²) in [4.78, 5) is 17.8. The molecule has 1 fully saturated rings. The second-order valence-electron chi connectivity index (χ2n) is 5.61. The minimum Gasteiger partial charge on any atom is -0.487 e. The second-order valence-corrected chi connectivity index (χ2v) is 5.61. The van der Waals surface area contributed by atoms with Gasteiger partial charge in [0.15, 0.2) is 0 Å². The van der Waals surface area contributed by atoms with Crippen LogP contribution in [0.3, 0.4) is 0 Å². The quantitative estimate of drug-likeness (QED) is 0.775. The van der Waals surface area contributed by atoms with Crippen molar-refractivity contribution >= 4 is 5.91 Å². The van der Waals surface area contributed by atoms with Gasteiger partial charge in [-0.1, -0.05) is 18.6 Å². The lowest BCUT2D eigenvalue weighted by atomic mass is 9.71. The average Bonchev–Trinajstić information content (AvgIpc) is 2.75. The Morgan fingerprint density at radius 3 is 3.16 bits per heavy atom. The lowest BCUT2D eigenvalue weighted by Crippen LogP contribution is -2.59. The van der Waals surface area contributed by atoms with E-state index in [2.05, 4.69) is 0 Å². The average molecular weight is 259 g/mol. The molecule has 0 unspecified atom stereocenters. The third-order valence-corrected chi connectivity index (χ3v) is 4.73. The van der Waals surface area contributed by atoms with Gasteiger partial charge in [-0.05, 0) is 30.9 Å². The lowest BCUT2D eigenvalue weighted by molar-refractivity contribution is -0.232. The predicted molar refractivity (Wildman–Crippen MR) is 68.6 cm³/mol. The van der Waals surface area contributed by atoms with Crippen molar-refractivity contribution in [3.63, 3.8) is 0 Å². The van der Waals surface area contributed by atoms with Crippen molar-refractivity contribution in [1.29, 1.82) is 0 Å². The Bertz CT molecular complexity index is 556. The first-order chi connectivity index (χ1) is 9.27. The molecule has 4 heteroatoms. The van der Waals surface area contributed by atoms with Crippen LogP contribution in [0.1, 0.15) is 36.8 Å². The maximum Gasteiger partial charge on any atom is 0.251 e. The van der Waals surface area contributed by atoms with E-state index in [1.54, 1.807) is 12.2 Å². The molecule has 100 valence electrons. The number of benzene rings is 1. The highest BCUT2D eigenvalue weighted by Crippen LogP contribution is 2.55. The highest BCUT2D eigenvalue weighted by molar-refractivity contribution is 5.83. The van der Waals surface area contributed by atoms with Crippen LogP contribution in [-0.4, -0.2) is 24.2 Å². The number of rotatable bonds is 1. The van der Waals surface area contributed by atoms with Crippen LogP contribution in [0.15, 0.2) is 18.2 Å². The molecule has 1 amide bonds. The van der Waals surface area contributed by atoms with E-state index in [0.717, 1.165) is 37.0 Å². The van der Waals surface area contributed by atoms with Crippen LogP contribution in [-0.2, 0) is 21.6 Å². The molecule has 0 aromatic heterocycles. The van der Waals surface area contributed by atoms with Crippen LogP contribution in [0.25, 0.3) is 0 Å². The normalized spacial score (nSPS) is 31.7. The van der Waals surface area contributed by atoms with E-state index in [9.17, 15) is 4.79 Å². The molecule has 0 saturated heterocycles. The number of hydrogen-bond acceptors (Lipinski definition) is 3. The largest absolute Gasteiger partial charge is 0.487 e. The standard InChI is InChI=1S/C15H17NO3/c1-18-16-13(17)9-10-5-4-6-11-14(10)15(16)8-3-2-7-12(15)19-11/h4-6,12H,2-3,7-9H2,1H3/t12-,15-/m0/s1. The fourth-order valence-electron chi connectivity index (χ4n) is 4.09. The molecule has 1 spiro atoms. The summed E-state index contributed by atoms with van der Waals surface area (Å²) < 4.78 is 6.13. The molecular formula is C15H17NO3.